The number of amides is 2. The average molecular weight is 256 g/mol. The average Bonchev–Trinajstić information content (AvgIpc) is 1.96. The molecule has 0 spiro atoms. The van der Waals surface area contributed by atoms with Gasteiger partial charge in [0.1, 0.15) is 12.2 Å². The van der Waals surface area contributed by atoms with E-state index in [-0.39, 0.29) is 65.7 Å². The Morgan fingerprint density at radius 1 is 1.36 bits per heavy atom. The van der Waals surface area contributed by atoms with E-state index in [1.54, 1.807) is 6.92 Å². The Balaban J connectivity index is -0.000000605. The van der Waals surface area contributed by atoms with Gasteiger partial charge in [-0.25, -0.2) is 0 Å². The number of hydrogen-bond acceptors (Lipinski definition) is 6. The second kappa shape index (κ2) is 12.3. The summed E-state index contributed by atoms with van der Waals surface area (Å²) < 4.78 is 2.68. The smallest absolute Gasteiger partial charge is 0.529 e. The van der Waals surface area contributed by atoms with E-state index >= 15 is 0 Å². The van der Waals surface area contributed by atoms with Crippen LogP contribution in [-0.4, -0.2) is 23.0 Å². The van der Waals surface area contributed by atoms with E-state index in [0.717, 1.165) is 4.31 Å². The molecule has 0 saturated heterocycles. The molecule has 1 N–H and O–H groups in total. The number of rotatable bonds is 4. The molecule has 0 aliphatic heterocycles. The molecule has 0 fully saturated rings. The predicted molar refractivity (Wildman–Crippen MR) is 41.5 cm³/mol. The van der Waals surface area contributed by atoms with Crippen LogP contribution in [0.1, 0.15) is 6.92 Å². The van der Waals surface area contributed by atoms with E-state index in [1.807, 2.05) is 4.72 Å². The molecule has 0 radical (unpaired) electrons. The van der Waals surface area contributed by atoms with Crippen molar-refractivity contribution in [2.75, 3.05) is 6.54 Å². The van der Waals surface area contributed by atoms with Crippen molar-refractivity contribution < 1.29 is 78.9 Å². The Morgan fingerprint density at radius 2 is 1.86 bits per heavy atom. The van der Waals surface area contributed by atoms with Crippen molar-refractivity contribution in [2.24, 2.45) is 0 Å². The fourth-order valence-electron chi connectivity index (χ4n) is 0.310. The van der Waals surface area contributed by atoms with Crippen molar-refractivity contribution in [3.63, 3.8) is 0 Å². The third-order valence-corrected chi connectivity index (χ3v) is 2.67. The SMILES string of the molecule is CCN(SSNC(=O)[O-])C(=O)[O-].[Na+].[Na+]. The van der Waals surface area contributed by atoms with Crippen LogP contribution in [0.25, 0.3) is 0 Å². The molecule has 2 amide bonds. The second-order valence-corrected chi connectivity index (χ2v) is 3.42. The van der Waals surface area contributed by atoms with Crippen molar-refractivity contribution in [1.82, 2.24) is 9.03 Å². The van der Waals surface area contributed by atoms with Gasteiger partial charge >= 0.3 is 59.1 Å². The Kier molecular flexibility index (Phi) is 18.1. The Hall–Kier alpha value is 1.24. The van der Waals surface area contributed by atoms with Crippen molar-refractivity contribution in [3.8, 4) is 0 Å². The third kappa shape index (κ3) is 11.3. The summed E-state index contributed by atoms with van der Waals surface area (Å²) in [5.41, 5.74) is 0. The van der Waals surface area contributed by atoms with Gasteiger partial charge in [-0.1, -0.05) is 0 Å². The van der Waals surface area contributed by atoms with E-state index in [4.69, 9.17) is 0 Å². The van der Waals surface area contributed by atoms with Gasteiger partial charge in [0.05, 0.1) is 0 Å². The summed E-state index contributed by atoms with van der Waals surface area (Å²) in [6.07, 6.45) is -2.84. The van der Waals surface area contributed by atoms with Crippen molar-refractivity contribution >= 4 is 34.1 Å². The first-order chi connectivity index (χ1) is 5.57. The van der Waals surface area contributed by atoms with Crippen molar-refractivity contribution in [2.45, 2.75) is 6.92 Å². The maximum absolute atomic E-state index is 10.2. The molecule has 0 rings (SSSR count). The number of carboxylic acid groups (broad SMARTS) is 2. The zero-order chi connectivity index (χ0) is 9.56. The molecule has 0 aromatic rings. The molecule has 0 saturated carbocycles. The first kappa shape index (κ1) is 20.6. The van der Waals surface area contributed by atoms with E-state index < -0.39 is 12.2 Å². The van der Waals surface area contributed by atoms with Gasteiger partial charge in [0, 0.05) is 28.5 Å². The number of nitrogens with zero attached hydrogens (tertiary/aromatic N) is 1. The second-order valence-electron chi connectivity index (χ2n) is 1.51. The van der Waals surface area contributed by atoms with Crippen LogP contribution >= 0.6 is 22.0 Å². The van der Waals surface area contributed by atoms with E-state index in [0.29, 0.717) is 22.0 Å². The molecule has 0 heterocycles. The topological polar surface area (TPSA) is 95.5 Å². The molecular formula is C4H6N2Na2O4S2. The zero-order valence-corrected chi connectivity index (χ0v) is 13.7. The van der Waals surface area contributed by atoms with Gasteiger partial charge < -0.3 is 24.5 Å². The summed E-state index contributed by atoms with van der Waals surface area (Å²) in [5, 5.41) is 20.0. The summed E-state index contributed by atoms with van der Waals surface area (Å²) in [7, 11) is 1.35. The largest absolute Gasteiger partial charge is 1.00 e. The van der Waals surface area contributed by atoms with Crippen LogP contribution in [0, 0.1) is 0 Å². The van der Waals surface area contributed by atoms with Gasteiger partial charge in [0.25, 0.3) is 0 Å². The predicted octanol–water partition coefficient (Wildman–Crippen LogP) is -7.20. The molecule has 6 nitrogen and oxygen atoms in total. The number of hydrogen-bond donors (Lipinski definition) is 1. The van der Waals surface area contributed by atoms with Crippen molar-refractivity contribution in [1.29, 1.82) is 0 Å². The fraction of sp³-hybridized carbons (Fsp3) is 0.500. The van der Waals surface area contributed by atoms with Gasteiger partial charge in [-0.15, -0.1) is 0 Å². The van der Waals surface area contributed by atoms with Gasteiger partial charge in [-0.2, -0.15) is 0 Å². The van der Waals surface area contributed by atoms with Gasteiger partial charge in [0.2, 0.25) is 0 Å². The Labute approximate surface area is 134 Å². The van der Waals surface area contributed by atoms with Crippen LogP contribution in [0.5, 0.6) is 0 Å². The Morgan fingerprint density at radius 3 is 2.14 bits per heavy atom. The molecule has 0 aliphatic carbocycles. The van der Waals surface area contributed by atoms with Gasteiger partial charge in [-0.05, 0) is 6.92 Å². The van der Waals surface area contributed by atoms with Gasteiger partial charge in [0.15, 0.2) is 0 Å². The van der Waals surface area contributed by atoms with Crippen LogP contribution < -0.4 is 74.0 Å². The molecule has 10 heteroatoms. The molecule has 14 heavy (non-hydrogen) atoms. The third-order valence-electron chi connectivity index (χ3n) is 0.743. The summed E-state index contributed by atoms with van der Waals surface area (Å²) in [6.45, 7) is 1.82. The molecule has 0 bridgehead atoms. The molecule has 0 aliphatic rings. The van der Waals surface area contributed by atoms with Crippen molar-refractivity contribution in [3.05, 3.63) is 0 Å². The summed E-state index contributed by atoms with van der Waals surface area (Å²) in [4.78, 5) is 20.0. The van der Waals surface area contributed by atoms with Crippen LogP contribution in [0.4, 0.5) is 9.59 Å². The number of nitrogens with one attached hydrogen (secondary N) is 1. The van der Waals surface area contributed by atoms with Gasteiger partial charge in [-0.3, -0.25) is 4.31 Å². The normalized spacial score (nSPS) is 7.79. The molecule has 0 atom stereocenters. The summed E-state index contributed by atoms with van der Waals surface area (Å²) >= 11 is 0. The fourth-order valence-corrected chi connectivity index (χ4v) is 1.76. The quantitative estimate of drug-likeness (QED) is 0.305. The maximum atomic E-state index is 10.2. The maximum Gasteiger partial charge on any atom is 1.00 e. The van der Waals surface area contributed by atoms with Crippen LogP contribution in [0.3, 0.4) is 0 Å². The first-order valence-corrected chi connectivity index (χ1v) is 4.97. The van der Waals surface area contributed by atoms with E-state index in [2.05, 4.69) is 0 Å². The molecular weight excluding hydrogens is 250 g/mol. The zero-order valence-electron chi connectivity index (χ0n) is 8.10. The standard InChI is InChI=1S/C4H8N2O4S2.2Na/c1-2-6(4(9)10)12-11-5-3(7)8;;/h5H,2H2,1H3,(H,7,8)(H,9,10);;/q;2*+1/p-2. The van der Waals surface area contributed by atoms with Crippen LogP contribution in [0.2, 0.25) is 0 Å². The Bertz CT molecular complexity index is 185. The van der Waals surface area contributed by atoms with Crippen LogP contribution in [0.15, 0.2) is 0 Å². The molecule has 70 valence electrons. The molecule has 0 aromatic carbocycles. The minimum atomic E-state index is -1.47. The van der Waals surface area contributed by atoms with E-state index in [9.17, 15) is 19.8 Å². The first-order valence-electron chi connectivity index (χ1n) is 2.87. The molecule has 0 aromatic heterocycles. The van der Waals surface area contributed by atoms with Crippen LogP contribution in [-0.2, 0) is 0 Å². The number of carbonyl (C=O) groups is 2. The monoisotopic (exact) mass is 256 g/mol. The minimum Gasteiger partial charge on any atom is -0.529 e. The number of carbonyl (C=O) groups excluding carboxylic acids is 2. The molecule has 0 unspecified atom stereocenters. The summed E-state index contributed by atoms with van der Waals surface area (Å²) in [6, 6.07) is 0. The summed E-state index contributed by atoms with van der Waals surface area (Å²) in [5.74, 6) is 0. The van der Waals surface area contributed by atoms with E-state index in [1.165, 1.54) is 0 Å². The minimum absolute atomic E-state index is 0.